The van der Waals surface area contributed by atoms with E-state index in [0.29, 0.717) is 5.57 Å². The number of carbonyl (C=O) groups is 2. The minimum atomic E-state index is -0.903. The number of allylic oxidation sites excluding steroid dienone is 2. The first-order valence-corrected chi connectivity index (χ1v) is 4.65. The van der Waals surface area contributed by atoms with E-state index in [9.17, 15) is 9.59 Å². The van der Waals surface area contributed by atoms with Gasteiger partial charge in [0.1, 0.15) is 0 Å². The molecule has 59 valence electrons. The number of ketones is 1. The number of thiol groups is 1. The van der Waals surface area contributed by atoms with Crippen LogP contribution in [0.15, 0.2) is 17.1 Å². The molecule has 0 aromatic rings. The van der Waals surface area contributed by atoms with Crippen LogP contribution in [0.5, 0.6) is 0 Å². The molecule has 1 rings (SSSR count). The molecule has 0 saturated heterocycles. The predicted octanol–water partition coefficient (Wildman–Crippen LogP) is 1.34. The van der Waals surface area contributed by atoms with E-state index in [0.717, 1.165) is 0 Å². The summed E-state index contributed by atoms with van der Waals surface area (Å²) in [7, 11) is -0.903. The average molecular weight is 169 g/mol. The van der Waals surface area contributed by atoms with Gasteiger partial charge in [-0.3, -0.25) is 9.59 Å². The molecule has 0 aromatic carbocycles. The van der Waals surface area contributed by atoms with Gasteiger partial charge in [-0.05, 0) is 18.4 Å². The summed E-state index contributed by atoms with van der Waals surface area (Å²) in [5.74, 6) is -0.0208. The Balaban J connectivity index is 2.79. The van der Waals surface area contributed by atoms with Crippen molar-refractivity contribution in [3.63, 3.8) is 0 Å². The Hall–Kier alpha value is -0.830. The molecule has 11 heavy (non-hydrogen) atoms. The highest BCUT2D eigenvalue weighted by Crippen LogP contribution is 2.35. The molecule has 0 saturated carbocycles. The first-order chi connectivity index (χ1) is 5.11. The van der Waals surface area contributed by atoms with E-state index in [2.05, 4.69) is 5.41 Å². The lowest BCUT2D eigenvalue weighted by Crippen LogP contribution is -1.90. The van der Waals surface area contributed by atoms with Crippen molar-refractivity contribution >= 4 is 21.8 Å². The highest BCUT2D eigenvalue weighted by molar-refractivity contribution is 8.33. The normalized spacial score (nSPS) is 24.9. The van der Waals surface area contributed by atoms with Gasteiger partial charge in [-0.2, -0.15) is 0 Å². The van der Waals surface area contributed by atoms with Crippen LogP contribution in [0.3, 0.4) is 0 Å². The Kier molecular flexibility index (Phi) is 2.29. The minimum Gasteiger partial charge on any atom is -0.294 e. The van der Waals surface area contributed by atoms with Crippen molar-refractivity contribution in [1.29, 1.82) is 0 Å². The van der Waals surface area contributed by atoms with Crippen LogP contribution in [0.1, 0.15) is 13.8 Å². The molecule has 0 aromatic heterocycles. The molecule has 2 nitrogen and oxygen atoms in total. The van der Waals surface area contributed by atoms with E-state index in [-0.39, 0.29) is 10.9 Å². The Bertz CT molecular complexity index is 263. The lowest BCUT2D eigenvalue weighted by Gasteiger charge is -2.00. The maximum atomic E-state index is 10.8. The number of rotatable bonds is 1. The summed E-state index contributed by atoms with van der Waals surface area (Å²) in [4.78, 5) is 21.6. The summed E-state index contributed by atoms with van der Waals surface area (Å²) in [6.45, 7) is 3.00. The van der Waals surface area contributed by atoms with Crippen LogP contribution >= 0.6 is 10.9 Å². The number of Topliss-reactive ketones (excluding diaryl/α,β-unsaturated/α-hetero) is 1. The zero-order valence-corrected chi connectivity index (χ0v) is 7.31. The van der Waals surface area contributed by atoms with E-state index < -0.39 is 10.9 Å². The minimum absolute atomic E-state index is 0.0208. The van der Waals surface area contributed by atoms with E-state index in [4.69, 9.17) is 0 Å². The van der Waals surface area contributed by atoms with Gasteiger partial charge in [0.15, 0.2) is 10.9 Å². The molecule has 0 bridgehead atoms. The smallest absolute Gasteiger partial charge is 0.173 e. The van der Waals surface area contributed by atoms with Crippen LogP contribution in [-0.4, -0.2) is 10.9 Å². The molecule has 0 amide bonds. The van der Waals surface area contributed by atoms with Crippen molar-refractivity contribution < 1.29 is 9.59 Å². The Morgan fingerprint density at radius 3 is 2.36 bits per heavy atom. The zero-order valence-electron chi connectivity index (χ0n) is 6.42. The standard InChI is InChI=1S/C8H9O2S/c1-6(9)8-3-4-11(5-8)7(2)10/h3-4,11H,1-2H3. The van der Waals surface area contributed by atoms with Gasteiger partial charge in [0, 0.05) is 17.9 Å². The monoisotopic (exact) mass is 169 g/mol. The van der Waals surface area contributed by atoms with Gasteiger partial charge in [0.2, 0.25) is 0 Å². The summed E-state index contributed by atoms with van der Waals surface area (Å²) in [6.07, 6.45) is 1.68. The molecule has 0 N–H and O–H groups in total. The van der Waals surface area contributed by atoms with Crippen molar-refractivity contribution in [1.82, 2.24) is 0 Å². The molecule has 1 radical (unpaired) electrons. The fraction of sp³-hybridized carbons (Fsp3) is 0.250. The number of carbonyl (C=O) groups excluding carboxylic acids is 2. The molecular weight excluding hydrogens is 160 g/mol. The first-order valence-electron chi connectivity index (χ1n) is 3.24. The lowest BCUT2D eigenvalue weighted by molar-refractivity contribution is -0.113. The molecule has 0 fully saturated rings. The molecule has 0 spiro atoms. The van der Waals surface area contributed by atoms with Crippen LogP contribution in [-0.2, 0) is 9.59 Å². The molecule has 1 aliphatic rings. The fourth-order valence-electron chi connectivity index (χ4n) is 0.733. The van der Waals surface area contributed by atoms with Crippen LogP contribution in [0.2, 0.25) is 0 Å². The highest BCUT2D eigenvalue weighted by atomic mass is 32.2. The van der Waals surface area contributed by atoms with Crippen LogP contribution in [0.25, 0.3) is 0 Å². The van der Waals surface area contributed by atoms with Crippen LogP contribution < -0.4 is 0 Å². The molecular formula is C8H9O2S. The Labute approximate surface area is 68.3 Å². The number of hydrogen-bond donors (Lipinski definition) is 1. The maximum absolute atomic E-state index is 10.8. The SMILES string of the molecule is CC(=O)C1=[C][SH](C(C)=O)C=C1. The molecule has 1 aliphatic heterocycles. The maximum Gasteiger partial charge on any atom is 0.173 e. The van der Waals surface area contributed by atoms with Gasteiger partial charge in [-0.25, -0.2) is 0 Å². The van der Waals surface area contributed by atoms with Crippen molar-refractivity contribution in [3.8, 4) is 0 Å². The van der Waals surface area contributed by atoms with E-state index in [1.165, 1.54) is 13.8 Å². The summed E-state index contributed by atoms with van der Waals surface area (Å²) in [6, 6.07) is 0. The molecule has 1 unspecified atom stereocenters. The van der Waals surface area contributed by atoms with Crippen molar-refractivity contribution in [2.24, 2.45) is 0 Å². The zero-order chi connectivity index (χ0) is 8.43. The second-order valence-corrected chi connectivity index (χ2v) is 4.18. The Morgan fingerprint density at radius 1 is 1.45 bits per heavy atom. The van der Waals surface area contributed by atoms with Crippen LogP contribution in [0.4, 0.5) is 0 Å². The van der Waals surface area contributed by atoms with Gasteiger partial charge < -0.3 is 0 Å². The van der Waals surface area contributed by atoms with Crippen molar-refractivity contribution in [2.45, 2.75) is 13.8 Å². The topological polar surface area (TPSA) is 34.1 Å². The van der Waals surface area contributed by atoms with Crippen LogP contribution in [0, 0.1) is 5.41 Å². The van der Waals surface area contributed by atoms with Crippen molar-refractivity contribution in [2.75, 3.05) is 0 Å². The van der Waals surface area contributed by atoms with Crippen molar-refractivity contribution in [3.05, 3.63) is 22.5 Å². The third kappa shape index (κ3) is 1.80. The summed E-state index contributed by atoms with van der Waals surface area (Å²) in [5.41, 5.74) is 0.548. The summed E-state index contributed by atoms with van der Waals surface area (Å²) >= 11 is 0. The highest BCUT2D eigenvalue weighted by Gasteiger charge is 2.12. The predicted molar refractivity (Wildman–Crippen MR) is 46.2 cm³/mol. The molecule has 3 heteroatoms. The molecule has 0 aliphatic carbocycles. The molecule has 1 heterocycles. The van der Waals surface area contributed by atoms with Gasteiger partial charge in [0.25, 0.3) is 0 Å². The van der Waals surface area contributed by atoms with Gasteiger partial charge in [0.05, 0.1) is 0 Å². The second kappa shape index (κ2) is 3.05. The quantitative estimate of drug-likeness (QED) is 0.601. The average Bonchev–Trinajstić information content (AvgIpc) is 2.33. The van der Waals surface area contributed by atoms with Gasteiger partial charge in [-0.1, -0.05) is 0 Å². The summed E-state index contributed by atoms with van der Waals surface area (Å²) < 4.78 is 0. The lowest BCUT2D eigenvalue weighted by atomic mass is 10.2. The van der Waals surface area contributed by atoms with E-state index in [1.54, 1.807) is 11.5 Å². The fourth-order valence-corrected chi connectivity index (χ4v) is 1.96. The first kappa shape index (κ1) is 8.27. The summed E-state index contributed by atoms with van der Waals surface area (Å²) in [5, 5.41) is 4.71. The van der Waals surface area contributed by atoms with Gasteiger partial charge >= 0.3 is 0 Å². The van der Waals surface area contributed by atoms with E-state index in [1.807, 2.05) is 0 Å². The molecule has 1 atom stereocenters. The number of hydrogen-bond acceptors (Lipinski definition) is 2. The largest absolute Gasteiger partial charge is 0.294 e. The third-order valence-corrected chi connectivity index (χ3v) is 2.96. The second-order valence-electron chi connectivity index (χ2n) is 2.29. The Morgan fingerprint density at radius 2 is 2.09 bits per heavy atom. The van der Waals surface area contributed by atoms with Gasteiger partial charge in [-0.15, -0.1) is 10.9 Å². The van der Waals surface area contributed by atoms with E-state index >= 15 is 0 Å². The third-order valence-electron chi connectivity index (χ3n) is 1.35.